The molecule has 0 aromatic rings. The largest absolute Gasteiger partial charge is 0.465 e. The number of amides is 2. The van der Waals surface area contributed by atoms with Gasteiger partial charge in [-0.25, -0.2) is 4.79 Å². The van der Waals surface area contributed by atoms with Crippen LogP contribution in [0.4, 0.5) is 4.79 Å². The lowest BCUT2D eigenvalue weighted by molar-refractivity contribution is -0.124. The first-order chi connectivity index (χ1) is 16.7. The first kappa shape index (κ1) is 31.8. The second-order valence-corrected chi connectivity index (χ2v) is 12.5. The average Bonchev–Trinajstić information content (AvgIpc) is 2.73. The highest BCUT2D eigenvalue weighted by Crippen LogP contribution is 2.47. The average molecular weight is 495 g/mol. The molecule has 1 saturated carbocycles. The molecular weight excluding hydrogens is 436 g/mol. The maximum atomic E-state index is 12.6. The molecule has 2 amide bonds. The van der Waals surface area contributed by atoms with E-state index in [4.69, 9.17) is 5.11 Å². The van der Waals surface area contributed by atoms with Crippen LogP contribution in [0.25, 0.3) is 0 Å². The van der Waals surface area contributed by atoms with Crippen LogP contribution >= 0.6 is 0 Å². The maximum Gasteiger partial charge on any atom is 0.404 e. The molecule has 3 N–H and O–H groups in total. The van der Waals surface area contributed by atoms with Crippen molar-refractivity contribution in [1.29, 1.82) is 0 Å². The number of carboxylic acid groups (broad SMARTS) is 1. The van der Waals surface area contributed by atoms with E-state index >= 15 is 0 Å². The second-order valence-electron chi connectivity index (χ2n) is 12.5. The van der Waals surface area contributed by atoms with Crippen LogP contribution < -0.4 is 10.6 Å². The molecule has 0 heterocycles. The van der Waals surface area contributed by atoms with Crippen molar-refractivity contribution in [1.82, 2.24) is 10.6 Å². The zero-order valence-corrected chi connectivity index (χ0v) is 23.7. The maximum absolute atomic E-state index is 12.6. The van der Waals surface area contributed by atoms with E-state index in [0.717, 1.165) is 32.2 Å². The van der Waals surface area contributed by atoms with Gasteiger partial charge in [0, 0.05) is 19.0 Å². The molecule has 0 aromatic carbocycles. The van der Waals surface area contributed by atoms with Crippen molar-refractivity contribution in [3.05, 3.63) is 0 Å². The first-order valence-electron chi connectivity index (χ1n) is 14.9. The number of hydrogen-bond acceptors (Lipinski definition) is 2. The molecular formula is C30H58N2O3. The van der Waals surface area contributed by atoms with Gasteiger partial charge < -0.3 is 15.7 Å². The van der Waals surface area contributed by atoms with Gasteiger partial charge >= 0.3 is 6.09 Å². The minimum absolute atomic E-state index is 0.0360. The predicted molar refractivity (Wildman–Crippen MR) is 148 cm³/mol. The van der Waals surface area contributed by atoms with Crippen molar-refractivity contribution in [3.8, 4) is 0 Å². The smallest absolute Gasteiger partial charge is 0.404 e. The molecule has 1 aliphatic carbocycles. The van der Waals surface area contributed by atoms with Crippen molar-refractivity contribution >= 4 is 12.0 Å². The van der Waals surface area contributed by atoms with Crippen LogP contribution in [0.2, 0.25) is 0 Å². The standard InChI is InChI=1S/C30H58N2O3/c1-5-6-7-8-9-10-11-12-13-14-15-16-17-18-19-20-21-31-27(33)24-30(4)23-26(32-28(34)35)22-29(2,3)25-30/h26,32H,5-25H2,1-4H3,(H,31,33)(H,34,35). The summed E-state index contributed by atoms with van der Waals surface area (Å²) in [5.41, 5.74) is -0.123. The summed E-state index contributed by atoms with van der Waals surface area (Å²) in [5, 5.41) is 14.9. The third-order valence-electron chi connectivity index (χ3n) is 7.71. The van der Waals surface area contributed by atoms with Crippen molar-refractivity contribution < 1.29 is 14.7 Å². The van der Waals surface area contributed by atoms with E-state index in [0.29, 0.717) is 6.42 Å². The van der Waals surface area contributed by atoms with Crippen molar-refractivity contribution in [2.45, 2.75) is 162 Å². The van der Waals surface area contributed by atoms with Crippen molar-refractivity contribution in [3.63, 3.8) is 0 Å². The Balaban J connectivity index is 1.99. The van der Waals surface area contributed by atoms with E-state index in [-0.39, 0.29) is 22.8 Å². The fraction of sp³-hybridized carbons (Fsp3) is 0.933. The van der Waals surface area contributed by atoms with Gasteiger partial charge in [-0.1, -0.05) is 124 Å². The number of carbonyl (C=O) groups excluding carboxylic acids is 1. The molecule has 5 heteroatoms. The van der Waals surface area contributed by atoms with Gasteiger partial charge in [0.05, 0.1) is 0 Å². The molecule has 0 aromatic heterocycles. The van der Waals surface area contributed by atoms with E-state index in [2.05, 4.69) is 38.3 Å². The van der Waals surface area contributed by atoms with Crippen LogP contribution in [0.5, 0.6) is 0 Å². The Bertz CT molecular complexity index is 578. The number of rotatable bonds is 20. The second kappa shape index (κ2) is 18.1. The van der Waals surface area contributed by atoms with Crippen LogP contribution in [0.15, 0.2) is 0 Å². The van der Waals surface area contributed by atoms with Gasteiger partial charge in [-0.15, -0.1) is 0 Å². The topological polar surface area (TPSA) is 78.4 Å². The Morgan fingerprint density at radius 3 is 1.66 bits per heavy atom. The molecule has 206 valence electrons. The number of carbonyl (C=O) groups is 2. The molecule has 1 rings (SSSR count). The Kier molecular flexibility index (Phi) is 16.4. The number of hydrogen-bond donors (Lipinski definition) is 3. The molecule has 0 spiro atoms. The molecule has 2 unspecified atom stereocenters. The van der Waals surface area contributed by atoms with Crippen LogP contribution in [0, 0.1) is 10.8 Å². The quantitative estimate of drug-likeness (QED) is 0.148. The van der Waals surface area contributed by atoms with E-state index in [1.807, 2.05) is 0 Å². The zero-order valence-electron chi connectivity index (χ0n) is 23.7. The third-order valence-corrected chi connectivity index (χ3v) is 7.71. The van der Waals surface area contributed by atoms with E-state index in [1.54, 1.807) is 0 Å². The molecule has 0 saturated heterocycles. The lowest BCUT2D eigenvalue weighted by atomic mass is 9.61. The van der Waals surface area contributed by atoms with E-state index in [1.165, 1.54) is 96.3 Å². The van der Waals surface area contributed by atoms with Crippen molar-refractivity contribution in [2.24, 2.45) is 10.8 Å². The summed E-state index contributed by atoms with van der Waals surface area (Å²) >= 11 is 0. The molecule has 1 aliphatic rings. The molecule has 5 nitrogen and oxygen atoms in total. The number of unbranched alkanes of at least 4 members (excludes halogenated alkanes) is 15. The summed E-state index contributed by atoms with van der Waals surface area (Å²) in [7, 11) is 0. The lowest BCUT2D eigenvalue weighted by Gasteiger charge is -2.46. The van der Waals surface area contributed by atoms with E-state index in [9.17, 15) is 9.59 Å². The summed E-state index contributed by atoms with van der Waals surface area (Å²) in [6.45, 7) is 9.53. The highest BCUT2D eigenvalue weighted by molar-refractivity contribution is 5.76. The Hall–Kier alpha value is -1.26. The SMILES string of the molecule is CCCCCCCCCCCCCCCCCCNC(=O)CC1(C)CC(NC(=O)O)CC(C)(C)C1. The van der Waals surface area contributed by atoms with Crippen molar-refractivity contribution in [2.75, 3.05) is 6.54 Å². The zero-order chi connectivity index (χ0) is 26.0. The van der Waals surface area contributed by atoms with Crippen LogP contribution in [0.3, 0.4) is 0 Å². The molecule has 0 aliphatic heterocycles. The van der Waals surface area contributed by atoms with Gasteiger partial charge in [0.1, 0.15) is 0 Å². The molecule has 35 heavy (non-hydrogen) atoms. The minimum atomic E-state index is -0.969. The Morgan fingerprint density at radius 2 is 1.20 bits per heavy atom. The Labute approximate surface area is 217 Å². The van der Waals surface area contributed by atoms with Gasteiger partial charge in [0.25, 0.3) is 0 Å². The van der Waals surface area contributed by atoms with Gasteiger partial charge in [0.2, 0.25) is 5.91 Å². The summed E-state index contributed by atoms with van der Waals surface area (Å²) in [5.74, 6) is 0.111. The molecule has 2 atom stereocenters. The first-order valence-corrected chi connectivity index (χ1v) is 14.9. The molecule has 0 bridgehead atoms. The fourth-order valence-corrected chi connectivity index (χ4v) is 6.40. The highest BCUT2D eigenvalue weighted by atomic mass is 16.4. The number of nitrogens with one attached hydrogen (secondary N) is 2. The van der Waals surface area contributed by atoms with Gasteiger partial charge in [-0.2, -0.15) is 0 Å². The van der Waals surface area contributed by atoms with Gasteiger partial charge in [-0.05, 0) is 36.5 Å². The predicted octanol–water partition coefficient (Wildman–Crippen LogP) is 8.61. The molecule has 0 radical (unpaired) electrons. The van der Waals surface area contributed by atoms with Crippen LogP contribution in [-0.4, -0.2) is 29.7 Å². The summed E-state index contributed by atoms with van der Waals surface area (Å²) in [6.07, 6.45) is 23.7. The summed E-state index contributed by atoms with van der Waals surface area (Å²) < 4.78 is 0. The van der Waals surface area contributed by atoms with Gasteiger partial charge in [0.15, 0.2) is 0 Å². The van der Waals surface area contributed by atoms with Gasteiger partial charge in [-0.3, -0.25) is 4.79 Å². The third kappa shape index (κ3) is 16.9. The fourth-order valence-electron chi connectivity index (χ4n) is 6.40. The monoisotopic (exact) mass is 494 g/mol. The highest BCUT2D eigenvalue weighted by Gasteiger charge is 2.42. The van der Waals surface area contributed by atoms with Crippen LogP contribution in [-0.2, 0) is 4.79 Å². The Morgan fingerprint density at radius 1 is 0.743 bits per heavy atom. The minimum Gasteiger partial charge on any atom is -0.465 e. The summed E-state index contributed by atoms with van der Waals surface area (Å²) in [4.78, 5) is 23.7. The lowest BCUT2D eigenvalue weighted by Crippen LogP contribution is -2.47. The normalized spacial score (nSPS) is 21.5. The molecule has 1 fully saturated rings. The van der Waals surface area contributed by atoms with E-state index < -0.39 is 6.09 Å². The van der Waals surface area contributed by atoms with Crippen LogP contribution in [0.1, 0.15) is 156 Å². The summed E-state index contributed by atoms with van der Waals surface area (Å²) in [6, 6.07) is -0.0747.